The largest absolute Gasteiger partial charge is 0.393 e. The van der Waals surface area contributed by atoms with Crippen LogP contribution in [0.25, 0.3) is 0 Å². The average molecular weight is 439 g/mol. The minimum atomic E-state index is -3.39. The highest BCUT2D eigenvalue weighted by atomic mass is 32.2. The summed E-state index contributed by atoms with van der Waals surface area (Å²) in [6.45, 7) is 8.04. The Hall–Kier alpha value is -0.910. The summed E-state index contributed by atoms with van der Waals surface area (Å²) in [5.41, 5.74) is -0.784. The molecule has 1 unspecified atom stereocenters. The van der Waals surface area contributed by atoms with Crippen molar-refractivity contribution in [3.8, 4) is 0 Å². The summed E-state index contributed by atoms with van der Waals surface area (Å²) in [5.74, 6) is 0.407. The van der Waals surface area contributed by atoms with Crippen LogP contribution in [0.4, 0.5) is 0 Å². The Balaban J connectivity index is 2.31. The SMILES string of the molecule is CCCC([C@@H](CCCC(C)(C)O)CS(=O)(=O)c1ccccc1)[C@@]1(C)CCC[C@H](O)C1. The first-order chi connectivity index (χ1) is 14.0. The van der Waals surface area contributed by atoms with Gasteiger partial charge in [0.05, 0.1) is 22.4 Å². The van der Waals surface area contributed by atoms with Crippen LogP contribution in [-0.4, -0.2) is 36.1 Å². The van der Waals surface area contributed by atoms with E-state index in [0.717, 1.165) is 51.4 Å². The number of benzene rings is 1. The summed E-state index contributed by atoms with van der Waals surface area (Å²) in [6.07, 6.45) is 7.58. The molecule has 1 aliphatic rings. The van der Waals surface area contributed by atoms with Crippen molar-refractivity contribution in [3.63, 3.8) is 0 Å². The zero-order valence-corrected chi connectivity index (χ0v) is 20.1. The first-order valence-corrected chi connectivity index (χ1v) is 13.3. The Morgan fingerprint density at radius 3 is 2.43 bits per heavy atom. The molecule has 172 valence electrons. The third-order valence-electron chi connectivity index (χ3n) is 6.95. The van der Waals surface area contributed by atoms with Crippen molar-refractivity contribution in [2.45, 2.75) is 102 Å². The lowest BCUT2D eigenvalue weighted by Gasteiger charge is -2.46. The highest BCUT2D eigenvalue weighted by Gasteiger charge is 2.42. The van der Waals surface area contributed by atoms with Gasteiger partial charge in [0, 0.05) is 0 Å². The van der Waals surface area contributed by atoms with Crippen molar-refractivity contribution in [2.24, 2.45) is 17.3 Å². The van der Waals surface area contributed by atoms with Gasteiger partial charge in [0.25, 0.3) is 0 Å². The van der Waals surface area contributed by atoms with E-state index < -0.39 is 15.4 Å². The van der Waals surface area contributed by atoms with Gasteiger partial charge in [0.15, 0.2) is 9.84 Å². The van der Waals surface area contributed by atoms with Crippen LogP contribution in [0, 0.1) is 17.3 Å². The fourth-order valence-electron chi connectivity index (χ4n) is 5.49. The number of hydrogen-bond acceptors (Lipinski definition) is 4. The third-order valence-corrected chi connectivity index (χ3v) is 8.81. The van der Waals surface area contributed by atoms with E-state index in [9.17, 15) is 18.6 Å². The zero-order chi connectivity index (χ0) is 22.4. The van der Waals surface area contributed by atoms with E-state index in [-0.39, 0.29) is 29.1 Å². The van der Waals surface area contributed by atoms with Crippen molar-refractivity contribution >= 4 is 9.84 Å². The second-order valence-electron chi connectivity index (χ2n) is 10.4. The standard InChI is InChI=1S/C25H42O4S/c1-5-11-23(25(4)17-10-13-21(26)18-25)20(12-9-16-24(2,3)27)19-30(28,29)22-14-7-6-8-15-22/h6-8,14-15,20-21,23,26-27H,5,9-13,16-19H2,1-4H3/t20-,21-,23?,25-/m0/s1. The van der Waals surface area contributed by atoms with Gasteiger partial charge in [-0.05, 0) is 81.8 Å². The first-order valence-electron chi connectivity index (χ1n) is 11.6. The monoisotopic (exact) mass is 438 g/mol. The molecule has 0 aromatic heterocycles. The lowest BCUT2D eigenvalue weighted by atomic mass is 9.61. The smallest absolute Gasteiger partial charge is 0.178 e. The maximum Gasteiger partial charge on any atom is 0.178 e. The van der Waals surface area contributed by atoms with E-state index in [1.165, 1.54) is 0 Å². The van der Waals surface area contributed by atoms with Crippen molar-refractivity contribution < 1.29 is 18.6 Å². The van der Waals surface area contributed by atoms with Crippen LogP contribution < -0.4 is 0 Å². The van der Waals surface area contributed by atoms with Gasteiger partial charge >= 0.3 is 0 Å². The molecule has 0 aliphatic heterocycles. The maximum absolute atomic E-state index is 13.3. The van der Waals surface area contributed by atoms with Crippen molar-refractivity contribution in [3.05, 3.63) is 30.3 Å². The lowest BCUT2D eigenvalue weighted by Crippen LogP contribution is -2.41. The van der Waals surface area contributed by atoms with Gasteiger partial charge in [0.1, 0.15) is 0 Å². The predicted octanol–water partition coefficient (Wildman–Crippen LogP) is 5.38. The molecule has 2 rings (SSSR count). The summed E-state index contributed by atoms with van der Waals surface area (Å²) in [4.78, 5) is 0.390. The molecule has 1 aromatic carbocycles. The van der Waals surface area contributed by atoms with Crippen LogP contribution in [0.15, 0.2) is 35.2 Å². The van der Waals surface area contributed by atoms with E-state index in [1.807, 2.05) is 19.9 Å². The molecule has 1 fully saturated rings. The summed E-state index contributed by atoms with van der Waals surface area (Å²) < 4.78 is 26.5. The fourth-order valence-corrected chi connectivity index (χ4v) is 7.22. The minimum absolute atomic E-state index is 0.0211. The lowest BCUT2D eigenvalue weighted by molar-refractivity contribution is -0.00425. The molecule has 4 atom stereocenters. The quantitative estimate of drug-likeness (QED) is 0.487. The fraction of sp³-hybridized carbons (Fsp3) is 0.760. The average Bonchev–Trinajstić information content (AvgIpc) is 2.65. The predicted molar refractivity (Wildman–Crippen MR) is 123 cm³/mol. The number of aliphatic hydroxyl groups is 2. The van der Waals surface area contributed by atoms with E-state index in [2.05, 4.69) is 13.8 Å². The molecule has 0 spiro atoms. The molecule has 0 heterocycles. The Morgan fingerprint density at radius 2 is 1.87 bits per heavy atom. The van der Waals surface area contributed by atoms with Gasteiger partial charge < -0.3 is 10.2 Å². The summed E-state index contributed by atoms with van der Waals surface area (Å²) >= 11 is 0. The number of aliphatic hydroxyl groups excluding tert-OH is 1. The summed E-state index contributed by atoms with van der Waals surface area (Å²) in [7, 11) is -3.39. The van der Waals surface area contributed by atoms with Crippen LogP contribution in [0.3, 0.4) is 0 Å². The highest BCUT2D eigenvalue weighted by molar-refractivity contribution is 7.91. The van der Waals surface area contributed by atoms with E-state index >= 15 is 0 Å². The van der Waals surface area contributed by atoms with Crippen LogP contribution in [-0.2, 0) is 9.84 Å². The van der Waals surface area contributed by atoms with Gasteiger partial charge in [0.2, 0.25) is 0 Å². The number of hydrogen-bond donors (Lipinski definition) is 2. The second-order valence-corrected chi connectivity index (χ2v) is 12.4. The molecule has 1 aromatic rings. The van der Waals surface area contributed by atoms with Crippen LogP contribution in [0.1, 0.15) is 85.5 Å². The van der Waals surface area contributed by atoms with Crippen LogP contribution in [0.2, 0.25) is 0 Å². The van der Waals surface area contributed by atoms with Crippen LogP contribution >= 0.6 is 0 Å². The first kappa shape index (κ1) is 25.4. The maximum atomic E-state index is 13.3. The summed E-state index contributed by atoms with van der Waals surface area (Å²) in [5, 5.41) is 20.6. The molecule has 4 nitrogen and oxygen atoms in total. The second kappa shape index (κ2) is 10.6. The van der Waals surface area contributed by atoms with E-state index in [1.54, 1.807) is 24.3 Å². The van der Waals surface area contributed by atoms with E-state index in [0.29, 0.717) is 11.3 Å². The summed E-state index contributed by atoms with van der Waals surface area (Å²) in [6, 6.07) is 8.76. The van der Waals surface area contributed by atoms with Gasteiger partial charge in [-0.1, -0.05) is 51.3 Å². The Morgan fingerprint density at radius 1 is 1.20 bits per heavy atom. The van der Waals surface area contributed by atoms with Gasteiger partial charge in [-0.15, -0.1) is 0 Å². The molecule has 0 amide bonds. The Labute approximate surface area is 184 Å². The van der Waals surface area contributed by atoms with E-state index in [4.69, 9.17) is 0 Å². The molecular weight excluding hydrogens is 396 g/mol. The normalized spacial score (nSPS) is 25.1. The molecule has 0 saturated heterocycles. The van der Waals surface area contributed by atoms with Crippen molar-refractivity contribution in [1.29, 1.82) is 0 Å². The van der Waals surface area contributed by atoms with Gasteiger partial charge in [-0.3, -0.25) is 0 Å². The number of rotatable bonds is 11. The van der Waals surface area contributed by atoms with Crippen molar-refractivity contribution in [1.82, 2.24) is 0 Å². The molecule has 0 bridgehead atoms. The Bertz CT molecular complexity index is 738. The molecule has 0 radical (unpaired) electrons. The molecule has 2 N–H and O–H groups in total. The molecular formula is C25H42O4S. The van der Waals surface area contributed by atoms with Gasteiger partial charge in [-0.2, -0.15) is 0 Å². The molecule has 5 heteroatoms. The number of sulfone groups is 1. The van der Waals surface area contributed by atoms with Crippen molar-refractivity contribution in [2.75, 3.05) is 5.75 Å². The minimum Gasteiger partial charge on any atom is -0.393 e. The third kappa shape index (κ3) is 7.35. The van der Waals surface area contributed by atoms with Gasteiger partial charge in [-0.25, -0.2) is 8.42 Å². The topological polar surface area (TPSA) is 74.6 Å². The molecule has 1 aliphatic carbocycles. The Kier molecular flexibility index (Phi) is 8.96. The highest BCUT2D eigenvalue weighted by Crippen LogP contribution is 2.49. The van der Waals surface area contributed by atoms with Crippen LogP contribution in [0.5, 0.6) is 0 Å². The molecule has 30 heavy (non-hydrogen) atoms. The molecule has 1 saturated carbocycles. The zero-order valence-electron chi connectivity index (χ0n) is 19.3.